The van der Waals surface area contributed by atoms with E-state index in [1.165, 1.54) is 42.6 Å². The van der Waals surface area contributed by atoms with Gasteiger partial charge in [0.15, 0.2) is 16.6 Å². The number of rotatable bonds is 6. The van der Waals surface area contributed by atoms with Gasteiger partial charge < -0.3 is 19.3 Å². The lowest BCUT2D eigenvalue weighted by atomic mass is 9.94. The van der Waals surface area contributed by atoms with E-state index in [0.29, 0.717) is 22.6 Å². The molecule has 0 unspecified atom stereocenters. The molecule has 1 aliphatic rings. The third-order valence-corrected chi connectivity index (χ3v) is 7.10. The minimum atomic E-state index is -1.10. The van der Waals surface area contributed by atoms with E-state index in [-0.39, 0.29) is 22.0 Å². The number of fused-ring (bicyclic) bond motifs is 1. The monoisotopic (exact) mass is 520 g/mol. The van der Waals surface area contributed by atoms with Gasteiger partial charge >= 0.3 is 5.91 Å². The highest BCUT2D eigenvalue weighted by Gasteiger charge is 2.49. The number of Topliss-reactive ketones (excluding diaryl/α,β-unsaturated/α-hetero) is 1. The smallest absolute Gasteiger partial charge is 0.301 e. The van der Waals surface area contributed by atoms with Crippen LogP contribution in [0.1, 0.15) is 17.2 Å². The van der Waals surface area contributed by atoms with Crippen molar-refractivity contribution in [3.63, 3.8) is 0 Å². The molecule has 3 aromatic carbocycles. The molecule has 1 aliphatic heterocycles. The van der Waals surface area contributed by atoms with E-state index in [1.54, 1.807) is 43.5 Å². The number of para-hydroxylation sites is 1. The van der Waals surface area contributed by atoms with Gasteiger partial charge in [-0.2, -0.15) is 0 Å². The van der Waals surface area contributed by atoms with Gasteiger partial charge in [-0.05, 0) is 48.5 Å². The summed E-state index contributed by atoms with van der Waals surface area (Å²) in [7, 11) is 4.46. The second-order valence-electron chi connectivity index (χ2n) is 8.09. The number of aliphatic hydroxyl groups excluding tert-OH is 1. The number of halogens is 1. The average Bonchev–Trinajstić information content (AvgIpc) is 3.45. The Morgan fingerprint density at radius 2 is 1.76 bits per heavy atom. The van der Waals surface area contributed by atoms with Gasteiger partial charge in [0.05, 0.1) is 37.1 Å². The number of aromatic nitrogens is 1. The summed E-state index contributed by atoms with van der Waals surface area (Å²) in [6.45, 7) is 0. The maximum Gasteiger partial charge on any atom is 0.301 e. The lowest BCUT2D eigenvalue weighted by Crippen LogP contribution is -2.29. The summed E-state index contributed by atoms with van der Waals surface area (Å²) in [5.74, 6) is -1.45. The molecule has 0 spiro atoms. The van der Waals surface area contributed by atoms with Crippen molar-refractivity contribution in [1.29, 1.82) is 0 Å². The highest BCUT2D eigenvalue weighted by atomic mass is 32.1. The topological polar surface area (TPSA) is 98.2 Å². The van der Waals surface area contributed by atoms with Crippen molar-refractivity contribution in [2.45, 2.75) is 6.04 Å². The normalized spacial score (nSPS) is 16.9. The van der Waals surface area contributed by atoms with Crippen LogP contribution in [0.25, 0.3) is 16.0 Å². The molecule has 4 aromatic rings. The number of hydrogen-bond donors (Lipinski definition) is 1. The van der Waals surface area contributed by atoms with Gasteiger partial charge in [-0.15, -0.1) is 0 Å². The number of ketones is 1. The third kappa shape index (κ3) is 4.05. The zero-order chi connectivity index (χ0) is 26.3. The van der Waals surface area contributed by atoms with Crippen molar-refractivity contribution < 1.29 is 33.3 Å². The second-order valence-corrected chi connectivity index (χ2v) is 9.10. The van der Waals surface area contributed by atoms with Crippen molar-refractivity contribution in [3.8, 4) is 17.2 Å². The van der Waals surface area contributed by atoms with E-state index in [1.807, 2.05) is 0 Å². The lowest BCUT2D eigenvalue weighted by molar-refractivity contribution is -0.132. The fourth-order valence-corrected chi connectivity index (χ4v) is 5.36. The SMILES string of the molecule is COc1ccc2nc(N3C(=O)C(=O)C(=C(O)c4ccc(F)cc4)[C@H]3c3cccc(OC)c3OC)sc2c1. The lowest BCUT2D eigenvalue weighted by Gasteiger charge is -2.25. The molecule has 1 amide bonds. The Hall–Kier alpha value is -4.44. The quantitative estimate of drug-likeness (QED) is 0.215. The molecule has 1 N–H and O–H groups in total. The van der Waals surface area contributed by atoms with Crippen LogP contribution in [0.5, 0.6) is 17.2 Å². The van der Waals surface area contributed by atoms with Crippen molar-refractivity contribution in [2.75, 3.05) is 26.2 Å². The third-order valence-electron chi connectivity index (χ3n) is 6.08. The number of anilines is 1. The molecule has 1 aromatic heterocycles. The first-order valence-corrected chi connectivity index (χ1v) is 11.9. The van der Waals surface area contributed by atoms with E-state index in [4.69, 9.17) is 14.2 Å². The Balaban J connectivity index is 1.77. The van der Waals surface area contributed by atoms with Crippen LogP contribution in [-0.2, 0) is 9.59 Å². The molecule has 8 nitrogen and oxygen atoms in total. The van der Waals surface area contributed by atoms with E-state index in [0.717, 1.165) is 16.8 Å². The number of benzene rings is 3. The Kier molecular flexibility index (Phi) is 6.26. The minimum Gasteiger partial charge on any atom is -0.507 e. The molecule has 2 heterocycles. The van der Waals surface area contributed by atoms with Crippen molar-refractivity contribution >= 4 is 44.1 Å². The first-order valence-electron chi connectivity index (χ1n) is 11.1. The first kappa shape index (κ1) is 24.3. The number of carbonyl (C=O) groups is 2. The maximum absolute atomic E-state index is 13.6. The number of nitrogens with zero attached hydrogens (tertiary/aromatic N) is 2. The fourth-order valence-electron chi connectivity index (χ4n) is 4.34. The largest absolute Gasteiger partial charge is 0.507 e. The van der Waals surface area contributed by atoms with E-state index >= 15 is 0 Å². The summed E-state index contributed by atoms with van der Waals surface area (Å²) in [4.78, 5) is 32.7. The maximum atomic E-state index is 13.6. The average molecular weight is 521 g/mol. The number of hydrogen-bond acceptors (Lipinski definition) is 8. The van der Waals surface area contributed by atoms with Crippen LogP contribution in [-0.4, -0.2) is 43.1 Å². The number of ether oxygens (including phenoxy) is 3. The molecule has 188 valence electrons. The Bertz CT molecular complexity index is 1560. The number of aliphatic hydroxyl groups is 1. The van der Waals surface area contributed by atoms with Gasteiger partial charge in [0, 0.05) is 11.1 Å². The minimum absolute atomic E-state index is 0.181. The standard InChI is InChI=1S/C27H21FN2O6S/c1-34-16-11-12-18-20(13-16)37-27(29-18)30-22(17-5-4-6-19(35-2)25(17)36-3)21(24(32)26(30)33)23(31)14-7-9-15(28)10-8-14/h4-13,22,31H,1-3H3/t22-/m1/s1. The molecule has 0 bridgehead atoms. The van der Waals surface area contributed by atoms with Crippen LogP contribution in [0, 0.1) is 5.82 Å². The molecule has 1 atom stereocenters. The van der Waals surface area contributed by atoms with Crippen molar-refractivity contribution in [3.05, 3.63) is 83.2 Å². The zero-order valence-corrected chi connectivity index (χ0v) is 20.8. The van der Waals surface area contributed by atoms with Gasteiger partial charge in [-0.1, -0.05) is 23.5 Å². The van der Waals surface area contributed by atoms with Crippen molar-refractivity contribution in [1.82, 2.24) is 4.98 Å². The summed E-state index contributed by atoms with van der Waals surface area (Å²) >= 11 is 1.20. The number of amides is 1. The van der Waals surface area contributed by atoms with Crippen LogP contribution in [0.4, 0.5) is 9.52 Å². The van der Waals surface area contributed by atoms with Crippen LogP contribution >= 0.6 is 11.3 Å². The predicted molar refractivity (Wildman–Crippen MR) is 137 cm³/mol. The molecular formula is C27H21FN2O6S. The second kappa shape index (κ2) is 9.55. The molecule has 5 rings (SSSR count). The highest BCUT2D eigenvalue weighted by Crippen LogP contribution is 2.48. The van der Waals surface area contributed by atoms with E-state index in [9.17, 15) is 19.1 Å². The van der Waals surface area contributed by atoms with Gasteiger partial charge in [0.25, 0.3) is 5.78 Å². The van der Waals surface area contributed by atoms with Gasteiger partial charge in [-0.25, -0.2) is 9.37 Å². The molecule has 37 heavy (non-hydrogen) atoms. The van der Waals surface area contributed by atoms with Crippen molar-refractivity contribution in [2.24, 2.45) is 0 Å². The zero-order valence-electron chi connectivity index (χ0n) is 20.0. The van der Waals surface area contributed by atoms with Gasteiger partial charge in [0.1, 0.15) is 23.4 Å². The van der Waals surface area contributed by atoms with Crippen LogP contribution in [0.3, 0.4) is 0 Å². The van der Waals surface area contributed by atoms with Crippen LogP contribution in [0.15, 0.2) is 66.2 Å². The predicted octanol–water partition coefficient (Wildman–Crippen LogP) is 5.09. The fraction of sp³-hybridized carbons (Fsp3) is 0.148. The molecule has 0 saturated carbocycles. The Labute approximate surface area is 215 Å². The Morgan fingerprint density at radius 3 is 2.43 bits per heavy atom. The number of thiazole rings is 1. The summed E-state index contributed by atoms with van der Waals surface area (Å²) < 4.78 is 30.6. The molecule has 1 fully saturated rings. The first-order chi connectivity index (χ1) is 17.9. The molecule has 1 saturated heterocycles. The number of carbonyl (C=O) groups excluding carboxylic acids is 2. The number of methoxy groups -OCH3 is 3. The Morgan fingerprint density at radius 1 is 1.00 bits per heavy atom. The summed E-state index contributed by atoms with van der Waals surface area (Å²) in [5, 5.41) is 11.5. The van der Waals surface area contributed by atoms with Gasteiger partial charge in [0.2, 0.25) is 0 Å². The molecule has 10 heteroatoms. The molecule has 0 aliphatic carbocycles. The van der Waals surface area contributed by atoms with Crippen LogP contribution < -0.4 is 19.1 Å². The molecule has 0 radical (unpaired) electrons. The highest BCUT2D eigenvalue weighted by molar-refractivity contribution is 7.22. The van der Waals surface area contributed by atoms with Crippen LogP contribution in [0.2, 0.25) is 0 Å². The summed E-state index contributed by atoms with van der Waals surface area (Å²) in [6, 6.07) is 14.2. The molecular weight excluding hydrogens is 499 g/mol. The summed E-state index contributed by atoms with van der Waals surface area (Å²) in [6.07, 6.45) is 0. The summed E-state index contributed by atoms with van der Waals surface area (Å²) in [5.41, 5.74) is 1.01. The van der Waals surface area contributed by atoms with Gasteiger partial charge in [-0.3, -0.25) is 14.5 Å². The van der Waals surface area contributed by atoms with E-state index < -0.39 is 29.3 Å². The van der Waals surface area contributed by atoms with E-state index in [2.05, 4.69) is 4.98 Å².